The molecule has 0 unspecified atom stereocenters. The molecule has 1 spiro atoms. The van der Waals surface area contributed by atoms with Crippen LogP contribution in [0.3, 0.4) is 0 Å². The summed E-state index contributed by atoms with van der Waals surface area (Å²) in [5, 5.41) is 0. The lowest BCUT2D eigenvalue weighted by atomic mass is 9.68. The summed E-state index contributed by atoms with van der Waals surface area (Å²) in [6.45, 7) is 6.38. The van der Waals surface area contributed by atoms with E-state index in [1.54, 1.807) is 0 Å². The summed E-state index contributed by atoms with van der Waals surface area (Å²) in [6.07, 6.45) is 11.2. The van der Waals surface area contributed by atoms with E-state index in [9.17, 15) is 0 Å². The first-order valence-electron chi connectivity index (χ1n) is 15.2. The van der Waals surface area contributed by atoms with Crippen LogP contribution in [0.15, 0.2) is 134 Å². The van der Waals surface area contributed by atoms with Crippen molar-refractivity contribution < 1.29 is 4.74 Å². The van der Waals surface area contributed by atoms with E-state index in [0.29, 0.717) is 5.76 Å². The molecule has 0 saturated heterocycles. The van der Waals surface area contributed by atoms with Crippen molar-refractivity contribution in [3.63, 3.8) is 0 Å². The Morgan fingerprint density at radius 3 is 2.19 bits per heavy atom. The van der Waals surface area contributed by atoms with Crippen molar-refractivity contribution in [1.29, 1.82) is 0 Å². The van der Waals surface area contributed by atoms with Gasteiger partial charge in [0.1, 0.15) is 11.5 Å². The third-order valence-corrected chi connectivity index (χ3v) is 9.81. The second-order valence-corrected chi connectivity index (χ2v) is 11.9. The van der Waals surface area contributed by atoms with Crippen molar-refractivity contribution >= 4 is 17.4 Å². The Hall–Kier alpha value is -5.14. The number of hydrogen-bond donors (Lipinski definition) is 0. The van der Waals surface area contributed by atoms with Gasteiger partial charge in [0.25, 0.3) is 0 Å². The Morgan fingerprint density at radius 2 is 1.42 bits per heavy atom. The van der Waals surface area contributed by atoms with Crippen LogP contribution in [-0.2, 0) is 5.41 Å². The molecule has 1 heteroatoms. The number of para-hydroxylation sites is 1. The van der Waals surface area contributed by atoms with E-state index in [0.717, 1.165) is 35.3 Å². The molecule has 4 aliphatic rings. The fraction of sp³-hybridized carbons (Fsp3) is 0.0952. The summed E-state index contributed by atoms with van der Waals surface area (Å²) in [5.41, 5.74) is 17.8. The van der Waals surface area contributed by atoms with Gasteiger partial charge in [0.2, 0.25) is 0 Å². The van der Waals surface area contributed by atoms with Crippen LogP contribution < -0.4 is 4.74 Å². The average Bonchev–Trinajstić information content (AvgIpc) is 3.52. The van der Waals surface area contributed by atoms with Gasteiger partial charge in [-0.1, -0.05) is 110 Å². The molecule has 43 heavy (non-hydrogen) atoms. The molecule has 9 rings (SSSR count). The van der Waals surface area contributed by atoms with Crippen molar-refractivity contribution in [2.75, 3.05) is 0 Å². The summed E-state index contributed by atoms with van der Waals surface area (Å²) in [7, 11) is 0. The Balaban J connectivity index is 1.33. The maximum atomic E-state index is 6.20. The molecule has 0 N–H and O–H groups in total. The van der Waals surface area contributed by atoms with Crippen molar-refractivity contribution in [1.82, 2.24) is 0 Å². The van der Waals surface area contributed by atoms with Gasteiger partial charge in [-0.3, -0.25) is 0 Å². The average molecular weight is 551 g/mol. The summed E-state index contributed by atoms with van der Waals surface area (Å²) < 4.78 is 6.20. The molecule has 5 aromatic rings. The van der Waals surface area contributed by atoms with E-state index >= 15 is 0 Å². The molecule has 5 aromatic carbocycles. The first-order valence-corrected chi connectivity index (χ1v) is 15.2. The standard InChI is InChI=1S/C42H30O/c1-3-12-28-23-29(24-35-34-16-7-11-20-40(34)43-26(2)41(28)35)27-21-22-33-32-15-6-10-19-38(32)42(39(33)25-27)36-17-8-4-13-30(36)31-14-5-9-18-37(31)42/h3-5,7-14,16-25H,2,6,15H2,1H3/b12-3-. The third kappa shape index (κ3) is 3.17. The van der Waals surface area contributed by atoms with E-state index in [4.69, 9.17) is 4.74 Å². The van der Waals surface area contributed by atoms with Crippen LogP contribution in [0, 0.1) is 0 Å². The van der Waals surface area contributed by atoms with Gasteiger partial charge in [0.05, 0.1) is 5.41 Å². The number of rotatable bonds is 2. The van der Waals surface area contributed by atoms with Gasteiger partial charge in [0.15, 0.2) is 0 Å². The highest BCUT2D eigenvalue weighted by Crippen LogP contribution is 2.63. The second-order valence-electron chi connectivity index (χ2n) is 11.9. The molecule has 0 atom stereocenters. The highest BCUT2D eigenvalue weighted by atomic mass is 16.5. The molecule has 1 heterocycles. The zero-order valence-corrected chi connectivity index (χ0v) is 24.2. The normalized spacial score (nSPS) is 16.4. The van der Waals surface area contributed by atoms with E-state index in [1.807, 2.05) is 12.1 Å². The highest BCUT2D eigenvalue weighted by Gasteiger charge is 2.52. The van der Waals surface area contributed by atoms with Crippen molar-refractivity contribution in [3.8, 4) is 39.1 Å². The van der Waals surface area contributed by atoms with E-state index in [-0.39, 0.29) is 5.41 Å². The molecule has 1 nitrogen and oxygen atoms in total. The Bertz CT molecular complexity index is 2090. The molecule has 1 aliphatic heterocycles. The fourth-order valence-electron chi connectivity index (χ4n) is 8.18. The largest absolute Gasteiger partial charge is 0.457 e. The molecule has 0 saturated carbocycles. The minimum absolute atomic E-state index is 0.306. The van der Waals surface area contributed by atoms with E-state index in [1.165, 1.54) is 61.2 Å². The summed E-state index contributed by atoms with van der Waals surface area (Å²) in [6, 6.07) is 38.2. The SMILES string of the molecule is C=C1Oc2ccccc2-c2cc(-c3ccc4c(c3)C3(C5=C4CCC=C5)c4ccccc4-c4ccccc43)cc(/C=C\C)c21. The van der Waals surface area contributed by atoms with Crippen LogP contribution in [0.2, 0.25) is 0 Å². The maximum Gasteiger partial charge on any atom is 0.135 e. The predicted octanol–water partition coefficient (Wildman–Crippen LogP) is 10.8. The van der Waals surface area contributed by atoms with Crippen LogP contribution in [0.25, 0.3) is 50.8 Å². The van der Waals surface area contributed by atoms with Crippen LogP contribution in [0.1, 0.15) is 53.1 Å². The predicted molar refractivity (Wildman–Crippen MR) is 179 cm³/mol. The van der Waals surface area contributed by atoms with Crippen LogP contribution in [0.4, 0.5) is 0 Å². The molecular weight excluding hydrogens is 520 g/mol. The molecule has 0 bridgehead atoms. The topological polar surface area (TPSA) is 9.23 Å². The zero-order valence-electron chi connectivity index (χ0n) is 24.2. The van der Waals surface area contributed by atoms with Crippen LogP contribution >= 0.6 is 0 Å². The van der Waals surface area contributed by atoms with E-state index < -0.39 is 0 Å². The van der Waals surface area contributed by atoms with Gasteiger partial charge in [-0.25, -0.2) is 0 Å². The first-order chi connectivity index (χ1) is 21.2. The summed E-state index contributed by atoms with van der Waals surface area (Å²) in [4.78, 5) is 0. The highest BCUT2D eigenvalue weighted by molar-refractivity contribution is 5.98. The lowest BCUT2D eigenvalue weighted by molar-refractivity contribution is 0.513. The molecule has 0 aromatic heterocycles. The number of benzene rings is 5. The summed E-state index contributed by atoms with van der Waals surface area (Å²) in [5.74, 6) is 1.56. The van der Waals surface area contributed by atoms with Gasteiger partial charge in [-0.2, -0.15) is 0 Å². The molecular formula is C42H30O. The van der Waals surface area contributed by atoms with Crippen molar-refractivity contribution in [3.05, 3.63) is 167 Å². The van der Waals surface area contributed by atoms with Gasteiger partial charge in [-0.15, -0.1) is 0 Å². The smallest absolute Gasteiger partial charge is 0.135 e. The third-order valence-electron chi connectivity index (χ3n) is 9.81. The number of fused-ring (bicyclic) bond motifs is 12. The maximum absolute atomic E-state index is 6.20. The van der Waals surface area contributed by atoms with Gasteiger partial charge >= 0.3 is 0 Å². The minimum Gasteiger partial charge on any atom is -0.457 e. The van der Waals surface area contributed by atoms with Crippen molar-refractivity contribution in [2.45, 2.75) is 25.2 Å². The van der Waals surface area contributed by atoms with Gasteiger partial charge in [-0.05, 0) is 111 Å². The minimum atomic E-state index is -0.306. The zero-order chi connectivity index (χ0) is 28.7. The second kappa shape index (κ2) is 8.93. The molecule has 3 aliphatic carbocycles. The van der Waals surface area contributed by atoms with Gasteiger partial charge < -0.3 is 4.74 Å². The molecule has 204 valence electrons. The quantitative estimate of drug-likeness (QED) is 0.212. The molecule has 0 amide bonds. The first kappa shape index (κ1) is 24.5. The monoisotopic (exact) mass is 550 g/mol. The Morgan fingerprint density at radius 1 is 0.698 bits per heavy atom. The van der Waals surface area contributed by atoms with Gasteiger partial charge in [0, 0.05) is 11.1 Å². The van der Waals surface area contributed by atoms with Crippen molar-refractivity contribution in [2.24, 2.45) is 0 Å². The number of hydrogen-bond acceptors (Lipinski definition) is 1. The lowest BCUT2D eigenvalue weighted by Crippen LogP contribution is -2.27. The molecule has 0 fully saturated rings. The fourth-order valence-corrected chi connectivity index (χ4v) is 8.18. The number of ether oxygens (including phenoxy) is 1. The van der Waals surface area contributed by atoms with Crippen LogP contribution in [-0.4, -0.2) is 0 Å². The summed E-state index contributed by atoms with van der Waals surface area (Å²) >= 11 is 0. The Labute approximate surface area is 252 Å². The van der Waals surface area contributed by atoms with Crippen LogP contribution in [0.5, 0.6) is 5.75 Å². The Kier molecular flexibility index (Phi) is 5.08. The molecule has 0 radical (unpaired) electrons. The number of allylic oxidation sites excluding steroid dienone is 5. The lowest BCUT2D eigenvalue weighted by Gasteiger charge is -2.32. The van der Waals surface area contributed by atoms with E-state index in [2.05, 4.69) is 129 Å².